The van der Waals surface area contributed by atoms with Crippen LogP contribution in [0.4, 0.5) is 0 Å². The van der Waals surface area contributed by atoms with E-state index in [-0.39, 0.29) is 10.5 Å². The molecule has 8 nitrogen and oxygen atoms in total. The molecule has 32 heavy (non-hydrogen) atoms. The Hall–Kier alpha value is -3.31. The first kappa shape index (κ1) is 20.6. The van der Waals surface area contributed by atoms with E-state index in [4.69, 9.17) is 21.2 Å². The van der Waals surface area contributed by atoms with Gasteiger partial charge in [0.1, 0.15) is 16.1 Å². The van der Waals surface area contributed by atoms with Crippen molar-refractivity contribution >= 4 is 44.0 Å². The standard InChI is InChI=1S/C21H13ClN4O4S2/c22-14-3-1-2-13(10-14)19-24-21-26(25-19)20(27)18(31-21)11-15-6-9-17(30-15)12-4-7-16(8-5-12)32(23,28)29/h1-11H,(H2,23,28,29)/b18-11+. The van der Waals surface area contributed by atoms with Crippen LogP contribution in [0.3, 0.4) is 0 Å². The molecule has 0 unspecified atom stereocenters. The second kappa shape index (κ2) is 7.68. The predicted octanol–water partition coefficient (Wildman–Crippen LogP) is 2.93. The van der Waals surface area contributed by atoms with Gasteiger partial charge in [-0.25, -0.2) is 13.6 Å². The van der Waals surface area contributed by atoms with Crippen molar-refractivity contribution in [2.75, 3.05) is 0 Å². The number of benzene rings is 2. The summed E-state index contributed by atoms with van der Waals surface area (Å²) in [5.74, 6) is 1.41. The molecule has 0 radical (unpaired) electrons. The van der Waals surface area contributed by atoms with Crippen LogP contribution >= 0.6 is 22.9 Å². The maximum atomic E-state index is 12.8. The van der Waals surface area contributed by atoms with Crippen LogP contribution in [0.2, 0.25) is 5.02 Å². The topological polar surface area (TPSA) is 121 Å². The highest BCUT2D eigenvalue weighted by molar-refractivity contribution is 7.89. The molecule has 0 aliphatic rings. The van der Waals surface area contributed by atoms with Gasteiger partial charge in [0.05, 0.1) is 4.90 Å². The lowest BCUT2D eigenvalue weighted by atomic mass is 10.2. The van der Waals surface area contributed by atoms with Gasteiger partial charge in [-0.05, 0) is 48.5 Å². The molecular weight excluding hydrogens is 472 g/mol. The summed E-state index contributed by atoms with van der Waals surface area (Å²) < 4.78 is 30.3. The molecule has 0 spiro atoms. The summed E-state index contributed by atoms with van der Waals surface area (Å²) in [5, 5.41) is 9.98. The number of aromatic nitrogens is 3. The Morgan fingerprint density at radius 1 is 1.06 bits per heavy atom. The number of furan rings is 1. The van der Waals surface area contributed by atoms with Gasteiger partial charge in [0.2, 0.25) is 15.0 Å². The summed E-state index contributed by atoms with van der Waals surface area (Å²) >= 11 is 7.21. The molecule has 0 amide bonds. The van der Waals surface area contributed by atoms with Gasteiger partial charge in [0.15, 0.2) is 5.82 Å². The number of hydrogen-bond donors (Lipinski definition) is 1. The molecule has 0 atom stereocenters. The number of rotatable bonds is 4. The third-order valence-corrected chi connectivity index (χ3v) is 6.76. The highest BCUT2D eigenvalue weighted by atomic mass is 35.5. The Morgan fingerprint density at radius 2 is 1.84 bits per heavy atom. The second-order valence-corrected chi connectivity index (χ2v) is 9.83. The molecule has 11 heteroatoms. The van der Waals surface area contributed by atoms with E-state index in [1.54, 1.807) is 48.5 Å². The summed E-state index contributed by atoms with van der Waals surface area (Å²) in [6.07, 6.45) is 1.62. The number of halogens is 1. The van der Waals surface area contributed by atoms with Crippen molar-refractivity contribution in [3.63, 3.8) is 0 Å². The zero-order chi connectivity index (χ0) is 22.5. The minimum Gasteiger partial charge on any atom is -0.457 e. The fourth-order valence-electron chi connectivity index (χ4n) is 3.11. The van der Waals surface area contributed by atoms with Crippen molar-refractivity contribution in [3.05, 3.63) is 86.3 Å². The molecule has 160 valence electrons. The minimum absolute atomic E-state index is 0.0159. The maximum Gasteiger partial charge on any atom is 0.291 e. The van der Waals surface area contributed by atoms with Crippen LogP contribution in [0.25, 0.3) is 33.7 Å². The van der Waals surface area contributed by atoms with E-state index >= 15 is 0 Å². The molecular formula is C21H13ClN4O4S2. The molecule has 3 aromatic heterocycles. The van der Waals surface area contributed by atoms with Gasteiger partial charge in [0.25, 0.3) is 5.56 Å². The van der Waals surface area contributed by atoms with Crippen molar-refractivity contribution in [1.82, 2.24) is 14.6 Å². The second-order valence-electron chi connectivity index (χ2n) is 6.83. The molecule has 3 heterocycles. The first-order valence-electron chi connectivity index (χ1n) is 9.18. The van der Waals surface area contributed by atoms with Gasteiger partial charge in [-0.1, -0.05) is 35.1 Å². The van der Waals surface area contributed by atoms with E-state index in [9.17, 15) is 13.2 Å². The van der Waals surface area contributed by atoms with Gasteiger partial charge < -0.3 is 4.42 Å². The Bertz CT molecular complexity index is 1690. The maximum absolute atomic E-state index is 12.8. The van der Waals surface area contributed by atoms with Gasteiger partial charge in [0, 0.05) is 22.2 Å². The lowest BCUT2D eigenvalue weighted by Gasteiger charge is -2.00. The first-order chi connectivity index (χ1) is 15.3. The number of thiazole rings is 1. The molecule has 5 rings (SSSR count). The number of sulfonamides is 1. The molecule has 5 aromatic rings. The lowest BCUT2D eigenvalue weighted by Crippen LogP contribution is -2.23. The zero-order valence-corrected chi connectivity index (χ0v) is 18.5. The molecule has 0 bridgehead atoms. The Morgan fingerprint density at radius 3 is 2.53 bits per heavy atom. The van der Waals surface area contributed by atoms with Gasteiger partial charge in [-0.2, -0.15) is 9.50 Å². The van der Waals surface area contributed by atoms with Crippen molar-refractivity contribution in [3.8, 4) is 22.7 Å². The minimum atomic E-state index is -3.76. The first-order valence-corrected chi connectivity index (χ1v) is 11.9. The molecule has 0 fully saturated rings. The van der Waals surface area contributed by atoms with Crippen LogP contribution in [0.1, 0.15) is 5.76 Å². The van der Waals surface area contributed by atoms with Crippen molar-refractivity contribution in [2.24, 2.45) is 5.14 Å². The fraction of sp³-hybridized carbons (Fsp3) is 0. The van der Waals surface area contributed by atoms with Crippen LogP contribution < -0.4 is 15.2 Å². The third kappa shape index (κ3) is 3.84. The van der Waals surface area contributed by atoms with Crippen LogP contribution in [0.15, 0.2) is 74.8 Å². The highest BCUT2D eigenvalue weighted by Crippen LogP contribution is 2.24. The summed E-state index contributed by atoms with van der Waals surface area (Å²) in [7, 11) is -3.76. The SMILES string of the molecule is NS(=O)(=O)c1ccc(-c2ccc(/C=c3/sc4nc(-c5cccc(Cl)c5)nn4c3=O)o2)cc1. The number of fused-ring (bicyclic) bond motifs is 1. The summed E-state index contributed by atoms with van der Waals surface area (Å²) in [6.45, 7) is 0. The predicted molar refractivity (Wildman–Crippen MR) is 122 cm³/mol. The highest BCUT2D eigenvalue weighted by Gasteiger charge is 2.13. The van der Waals surface area contributed by atoms with E-state index in [2.05, 4.69) is 10.1 Å². The molecule has 0 aliphatic heterocycles. The largest absolute Gasteiger partial charge is 0.457 e. The Balaban J connectivity index is 1.47. The van der Waals surface area contributed by atoms with E-state index in [1.165, 1.54) is 28.0 Å². The number of nitrogens with two attached hydrogens (primary N) is 1. The molecule has 0 saturated carbocycles. The van der Waals surface area contributed by atoms with Gasteiger partial charge >= 0.3 is 0 Å². The van der Waals surface area contributed by atoms with E-state index in [0.29, 0.717) is 37.4 Å². The normalized spacial score (nSPS) is 12.6. The van der Waals surface area contributed by atoms with E-state index in [1.807, 2.05) is 6.07 Å². The van der Waals surface area contributed by atoms with E-state index in [0.717, 1.165) is 5.56 Å². The fourth-order valence-corrected chi connectivity index (χ4v) is 4.70. The average Bonchev–Trinajstić information content (AvgIpc) is 3.45. The summed E-state index contributed by atoms with van der Waals surface area (Å²) in [4.78, 5) is 17.7. The molecule has 0 saturated heterocycles. The monoisotopic (exact) mass is 484 g/mol. The van der Waals surface area contributed by atoms with Crippen LogP contribution in [-0.2, 0) is 10.0 Å². The van der Waals surface area contributed by atoms with Crippen LogP contribution in [0, 0.1) is 0 Å². The molecule has 2 N–H and O–H groups in total. The van der Waals surface area contributed by atoms with Crippen molar-refractivity contribution in [1.29, 1.82) is 0 Å². The van der Waals surface area contributed by atoms with Crippen molar-refractivity contribution in [2.45, 2.75) is 4.90 Å². The lowest BCUT2D eigenvalue weighted by molar-refractivity contribution is 0.571. The molecule has 2 aromatic carbocycles. The number of nitrogens with zero attached hydrogens (tertiary/aromatic N) is 3. The Kier molecular flexibility index (Phi) is 4.94. The average molecular weight is 485 g/mol. The summed E-state index contributed by atoms with van der Waals surface area (Å²) in [5.41, 5.74) is 1.09. The van der Waals surface area contributed by atoms with Crippen molar-refractivity contribution < 1.29 is 12.8 Å². The van der Waals surface area contributed by atoms with Crippen LogP contribution in [-0.4, -0.2) is 23.0 Å². The Labute approximate surface area is 190 Å². The number of hydrogen-bond acceptors (Lipinski definition) is 7. The quantitative estimate of drug-likeness (QED) is 0.418. The van der Waals surface area contributed by atoms with Gasteiger partial charge in [-0.15, -0.1) is 5.10 Å². The summed E-state index contributed by atoms with van der Waals surface area (Å²) in [6, 6.07) is 16.6. The van der Waals surface area contributed by atoms with Gasteiger partial charge in [-0.3, -0.25) is 4.79 Å². The molecule has 0 aliphatic carbocycles. The van der Waals surface area contributed by atoms with Crippen LogP contribution in [0.5, 0.6) is 0 Å². The number of primary sulfonamides is 1. The third-order valence-electron chi connectivity index (χ3n) is 4.63. The zero-order valence-electron chi connectivity index (χ0n) is 16.1. The smallest absolute Gasteiger partial charge is 0.291 e. The van der Waals surface area contributed by atoms with E-state index < -0.39 is 10.0 Å².